The molecule has 2 N–H and O–H groups in total. The van der Waals surface area contributed by atoms with Crippen LogP contribution in [0.5, 0.6) is 0 Å². The summed E-state index contributed by atoms with van der Waals surface area (Å²) < 4.78 is 0. The summed E-state index contributed by atoms with van der Waals surface area (Å²) in [5.41, 5.74) is 5.46. The lowest BCUT2D eigenvalue weighted by Crippen LogP contribution is -2.51. The molecule has 0 radical (unpaired) electrons. The van der Waals surface area contributed by atoms with Crippen LogP contribution in [0, 0.1) is 5.92 Å². The number of carbonyl (C=O) groups is 1. The minimum atomic E-state index is -0.239. The van der Waals surface area contributed by atoms with Gasteiger partial charge in [0.05, 0.1) is 0 Å². The molecule has 0 rings (SSSR count). The van der Waals surface area contributed by atoms with Crippen LogP contribution in [0.2, 0.25) is 0 Å². The van der Waals surface area contributed by atoms with Crippen molar-refractivity contribution in [1.82, 2.24) is 4.90 Å². The Hall–Kier alpha value is -0.570. The molecule has 0 heterocycles. The normalized spacial score (nSPS) is 11.9. The number of rotatable bonds is 7. The van der Waals surface area contributed by atoms with E-state index in [4.69, 9.17) is 5.73 Å². The number of hydrogen-bond donors (Lipinski definition) is 1. The van der Waals surface area contributed by atoms with E-state index in [-0.39, 0.29) is 17.4 Å². The highest BCUT2D eigenvalue weighted by molar-refractivity contribution is 5.79. The van der Waals surface area contributed by atoms with Gasteiger partial charge in [-0.05, 0) is 26.7 Å². The fourth-order valence-corrected chi connectivity index (χ4v) is 1.80. The fourth-order valence-electron chi connectivity index (χ4n) is 1.80. The van der Waals surface area contributed by atoms with Gasteiger partial charge in [0.1, 0.15) is 0 Å². The fraction of sp³-hybridized carbons (Fsp3) is 0.923. The van der Waals surface area contributed by atoms with Gasteiger partial charge in [-0.3, -0.25) is 4.79 Å². The Balaban J connectivity index is 4.59. The van der Waals surface area contributed by atoms with Gasteiger partial charge >= 0.3 is 0 Å². The van der Waals surface area contributed by atoms with Crippen molar-refractivity contribution in [1.29, 1.82) is 0 Å². The van der Waals surface area contributed by atoms with Gasteiger partial charge in [-0.25, -0.2) is 0 Å². The summed E-state index contributed by atoms with van der Waals surface area (Å²) in [5.74, 6) is 0.421. The largest absolute Gasteiger partial charge is 0.339 e. The molecule has 0 aromatic rings. The lowest BCUT2D eigenvalue weighted by atomic mass is 9.94. The summed E-state index contributed by atoms with van der Waals surface area (Å²) in [5, 5.41) is 0. The Morgan fingerprint density at radius 1 is 1.25 bits per heavy atom. The molecule has 96 valence electrons. The summed E-state index contributed by atoms with van der Waals surface area (Å²) in [7, 11) is 1.87. The van der Waals surface area contributed by atoms with Crippen LogP contribution < -0.4 is 5.73 Å². The van der Waals surface area contributed by atoms with Gasteiger partial charge in [0.15, 0.2) is 0 Å². The summed E-state index contributed by atoms with van der Waals surface area (Å²) >= 11 is 0. The molecule has 0 unspecified atom stereocenters. The molecule has 0 atom stereocenters. The van der Waals surface area contributed by atoms with E-state index >= 15 is 0 Å². The topological polar surface area (TPSA) is 46.3 Å². The van der Waals surface area contributed by atoms with Gasteiger partial charge in [-0.15, -0.1) is 0 Å². The van der Waals surface area contributed by atoms with Crippen LogP contribution >= 0.6 is 0 Å². The van der Waals surface area contributed by atoms with Crippen molar-refractivity contribution in [3.8, 4) is 0 Å². The van der Waals surface area contributed by atoms with E-state index < -0.39 is 0 Å². The Morgan fingerprint density at radius 2 is 1.69 bits per heavy atom. The zero-order chi connectivity index (χ0) is 12.8. The first-order chi connectivity index (χ1) is 7.40. The van der Waals surface area contributed by atoms with Crippen LogP contribution in [0.3, 0.4) is 0 Å². The Bertz CT molecular complexity index is 208. The molecule has 3 nitrogen and oxygen atoms in total. The zero-order valence-electron chi connectivity index (χ0n) is 11.5. The van der Waals surface area contributed by atoms with E-state index in [0.29, 0.717) is 6.54 Å². The van der Waals surface area contributed by atoms with Gasteiger partial charge in [0.2, 0.25) is 5.91 Å². The van der Waals surface area contributed by atoms with Crippen molar-refractivity contribution in [3.05, 3.63) is 0 Å². The maximum Gasteiger partial charge on any atom is 0.225 e. The maximum absolute atomic E-state index is 12.3. The molecular weight excluding hydrogens is 200 g/mol. The van der Waals surface area contributed by atoms with E-state index in [1.165, 1.54) is 0 Å². The Morgan fingerprint density at radius 3 is 2.00 bits per heavy atom. The molecule has 0 fully saturated rings. The number of hydrogen-bond acceptors (Lipinski definition) is 2. The van der Waals surface area contributed by atoms with Crippen LogP contribution in [0.15, 0.2) is 0 Å². The summed E-state index contributed by atoms with van der Waals surface area (Å²) in [6, 6.07) is 0. The number of nitrogens with two attached hydrogens (primary N) is 1. The van der Waals surface area contributed by atoms with Crippen molar-refractivity contribution in [2.45, 2.75) is 58.9 Å². The monoisotopic (exact) mass is 228 g/mol. The van der Waals surface area contributed by atoms with Crippen molar-refractivity contribution < 1.29 is 4.79 Å². The van der Waals surface area contributed by atoms with Crippen LogP contribution in [-0.4, -0.2) is 29.9 Å². The molecule has 16 heavy (non-hydrogen) atoms. The summed E-state index contributed by atoms with van der Waals surface area (Å²) in [6.45, 7) is 8.79. The van der Waals surface area contributed by atoms with Crippen molar-refractivity contribution in [2.24, 2.45) is 11.7 Å². The molecule has 0 aromatic heterocycles. The predicted molar refractivity (Wildman–Crippen MR) is 69.2 cm³/mol. The Kier molecular flexibility index (Phi) is 6.65. The third-order valence-electron chi connectivity index (χ3n) is 3.36. The molecule has 0 aromatic carbocycles. The molecule has 3 heteroatoms. The maximum atomic E-state index is 12.3. The Labute approximate surface area is 100 Å². The summed E-state index contributed by atoms with van der Waals surface area (Å²) in [4.78, 5) is 14.1. The number of nitrogens with zero attached hydrogens (tertiary/aromatic N) is 1. The van der Waals surface area contributed by atoms with E-state index in [1.807, 2.05) is 25.8 Å². The van der Waals surface area contributed by atoms with Crippen molar-refractivity contribution in [2.75, 3.05) is 13.6 Å². The van der Waals surface area contributed by atoms with Crippen molar-refractivity contribution >= 4 is 5.91 Å². The minimum Gasteiger partial charge on any atom is -0.339 e. The quantitative estimate of drug-likeness (QED) is 0.727. The van der Waals surface area contributed by atoms with E-state index in [9.17, 15) is 4.79 Å². The molecule has 0 aliphatic rings. The van der Waals surface area contributed by atoms with Gasteiger partial charge < -0.3 is 10.6 Å². The first kappa shape index (κ1) is 15.4. The van der Waals surface area contributed by atoms with Crippen LogP contribution in [0.4, 0.5) is 0 Å². The smallest absolute Gasteiger partial charge is 0.225 e. The lowest BCUT2D eigenvalue weighted by Gasteiger charge is -2.37. The molecule has 0 aliphatic heterocycles. The highest BCUT2D eigenvalue weighted by Crippen LogP contribution is 2.20. The van der Waals surface area contributed by atoms with Gasteiger partial charge in [0, 0.05) is 25.0 Å². The lowest BCUT2D eigenvalue weighted by molar-refractivity contribution is -0.139. The highest BCUT2D eigenvalue weighted by atomic mass is 16.2. The number of carbonyl (C=O) groups excluding carboxylic acids is 1. The molecule has 0 aliphatic carbocycles. The standard InChI is InChI=1S/C13H28N2O/c1-6-8-11(9-7-2)12(16)15(5)13(3,4)10-14/h11H,6-10,14H2,1-5H3. The first-order valence-corrected chi connectivity index (χ1v) is 6.38. The average Bonchev–Trinajstić information content (AvgIpc) is 2.26. The molecule has 0 saturated heterocycles. The second-order valence-electron chi connectivity index (χ2n) is 5.19. The SMILES string of the molecule is CCCC(CCC)C(=O)N(C)C(C)(C)CN. The summed E-state index contributed by atoms with van der Waals surface area (Å²) in [6.07, 6.45) is 4.09. The third-order valence-corrected chi connectivity index (χ3v) is 3.36. The van der Waals surface area contributed by atoms with E-state index in [2.05, 4.69) is 13.8 Å². The van der Waals surface area contributed by atoms with Crippen LogP contribution in [0.1, 0.15) is 53.4 Å². The highest BCUT2D eigenvalue weighted by Gasteiger charge is 2.30. The molecule has 0 bridgehead atoms. The van der Waals surface area contributed by atoms with Crippen LogP contribution in [-0.2, 0) is 4.79 Å². The third kappa shape index (κ3) is 4.12. The molecule has 0 saturated carbocycles. The first-order valence-electron chi connectivity index (χ1n) is 6.38. The van der Waals surface area contributed by atoms with Gasteiger partial charge in [0.25, 0.3) is 0 Å². The second kappa shape index (κ2) is 6.89. The molecule has 0 spiro atoms. The van der Waals surface area contributed by atoms with E-state index in [0.717, 1.165) is 25.7 Å². The van der Waals surface area contributed by atoms with Crippen LogP contribution in [0.25, 0.3) is 0 Å². The number of amides is 1. The van der Waals surface area contributed by atoms with Gasteiger partial charge in [-0.1, -0.05) is 26.7 Å². The van der Waals surface area contributed by atoms with Gasteiger partial charge in [-0.2, -0.15) is 0 Å². The molecule has 1 amide bonds. The van der Waals surface area contributed by atoms with Crippen molar-refractivity contribution in [3.63, 3.8) is 0 Å². The second-order valence-corrected chi connectivity index (χ2v) is 5.19. The average molecular weight is 228 g/mol. The minimum absolute atomic E-state index is 0.172. The molecular formula is C13H28N2O. The van der Waals surface area contributed by atoms with E-state index in [1.54, 1.807) is 0 Å². The predicted octanol–water partition coefficient (Wildman–Crippen LogP) is 2.40. The number of likely N-dealkylation sites (N-methyl/N-ethyl adjacent to an activating group) is 1. The zero-order valence-corrected chi connectivity index (χ0v) is 11.5.